The molecule has 1 saturated heterocycles. The van der Waals surface area contributed by atoms with Gasteiger partial charge in [-0.15, -0.1) is 0 Å². The molecule has 2 heterocycles. The molecule has 6 rings (SSSR count). The van der Waals surface area contributed by atoms with E-state index in [0.717, 1.165) is 47.0 Å². The summed E-state index contributed by atoms with van der Waals surface area (Å²) in [7, 11) is 1.64. The fourth-order valence-corrected chi connectivity index (χ4v) is 4.38. The van der Waals surface area contributed by atoms with Gasteiger partial charge in [0.05, 0.1) is 31.6 Å². The predicted molar refractivity (Wildman–Crippen MR) is 148 cm³/mol. The summed E-state index contributed by atoms with van der Waals surface area (Å²) in [4.78, 5) is 17.0. The van der Waals surface area contributed by atoms with Crippen molar-refractivity contribution in [1.82, 2.24) is 14.7 Å². The van der Waals surface area contributed by atoms with Crippen molar-refractivity contribution in [3.05, 3.63) is 110 Å². The van der Waals surface area contributed by atoms with E-state index < -0.39 is 0 Å². The first-order chi connectivity index (χ1) is 18.2. The standard InChI is InChI=1S/C28H28N4O2.C3H3/c1-34-25-14-8-13-24(19-25)31-17-15-30(21-28(31)33)16-18-32-27(23-11-6-3-7-12-23)20-26(29-32)22-9-4-2-5-10-22;1-2-3-1/h2-14,19-20H,15-18,21H2,1H3;1-3H. The normalized spacial score (nSPS) is 14.7. The summed E-state index contributed by atoms with van der Waals surface area (Å²) in [6.07, 6.45) is 6.00. The van der Waals surface area contributed by atoms with Crippen molar-refractivity contribution < 1.29 is 9.53 Å². The number of hydrogen-bond donors (Lipinski definition) is 0. The molecule has 4 aromatic rings. The Balaban J connectivity index is 0.000000872. The summed E-state index contributed by atoms with van der Waals surface area (Å²) < 4.78 is 7.38. The van der Waals surface area contributed by atoms with Crippen LogP contribution in [0, 0.1) is 6.42 Å². The van der Waals surface area contributed by atoms with Crippen LogP contribution in [0.15, 0.2) is 103 Å². The molecule has 6 heteroatoms. The lowest BCUT2D eigenvalue weighted by Crippen LogP contribution is -2.51. The molecule has 1 aliphatic heterocycles. The number of nitrogens with zero attached hydrogens (tertiary/aromatic N) is 4. The summed E-state index contributed by atoms with van der Waals surface area (Å²) in [5.74, 6) is 0.863. The molecular weight excluding hydrogens is 460 g/mol. The van der Waals surface area contributed by atoms with Crippen molar-refractivity contribution in [3.63, 3.8) is 0 Å². The molecule has 0 atom stereocenters. The molecule has 1 fully saturated rings. The Morgan fingerprint density at radius 1 is 0.811 bits per heavy atom. The largest absolute Gasteiger partial charge is 0.497 e. The first-order valence-electron chi connectivity index (χ1n) is 12.6. The number of rotatable bonds is 7. The Bertz CT molecular complexity index is 1340. The van der Waals surface area contributed by atoms with Crippen LogP contribution in [0.25, 0.3) is 22.5 Å². The topological polar surface area (TPSA) is 50.6 Å². The van der Waals surface area contributed by atoms with Crippen molar-refractivity contribution in [1.29, 1.82) is 0 Å². The predicted octanol–water partition coefficient (Wildman–Crippen LogP) is 5.33. The first-order valence-corrected chi connectivity index (χ1v) is 12.6. The van der Waals surface area contributed by atoms with Crippen LogP contribution in [0.4, 0.5) is 5.69 Å². The summed E-state index contributed by atoms with van der Waals surface area (Å²) in [6.45, 7) is 3.34. The summed E-state index contributed by atoms with van der Waals surface area (Å²) >= 11 is 0. The first kappa shape index (κ1) is 24.5. The van der Waals surface area contributed by atoms with Gasteiger partial charge in [-0.25, -0.2) is 0 Å². The zero-order valence-corrected chi connectivity index (χ0v) is 21.0. The van der Waals surface area contributed by atoms with Crippen LogP contribution in [0.3, 0.4) is 0 Å². The highest BCUT2D eigenvalue weighted by molar-refractivity contribution is 5.95. The second-order valence-corrected chi connectivity index (χ2v) is 8.97. The zero-order chi connectivity index (χ0) is 25.5. The van der Waals surface area contributed by atoms with Crippen LogP contribution in [0.5, 0.6) is 5.75 Å². The van der Waals surface area contributed by atoms with Gasteiger partial charge in [-0.3, -0.25) is 14.4 Å². The van der Waals surface area contributed by atoms with Gasteiger partial charge in [-0.05, 0) is 23.8 Å². The van der Waals surface area contributed by atoms with Gasteiger partial charge < -0.3 is 9.64 Å². The maximum Gasteiger partial charge on any atom is 0.241 e. The molecule has 2 aliphatic rings. The number of benzene rings is 3. The molecule has 1 radical (unpaired) electrons. The highest BCUT2D eigenvalue weighted by Gasteiger charge is 2.25. The molecule has 0 saturated carbocycles. The number of methoxy groups -OCH3 is 1. The van der Waals surface area contributed by atoms with Crippen molar-refractivity contribution in [2.24, 2.45) is 0 Å². The SMILES string of the molecule is COc1cccc(N2CCN(CCn3nc(-c4ccccc4)cc3-c3ccccc3)CC2=O)c1.[CH]1C=C1. The Kier molecular flexibility index (Phi) is 7.77. The average molecular weight is 492 g/mol. The lowest BCUT2D eigenvalue weighted by molar-refractivity contribution is -0.121. The third-order valence-electron chi connectivity index (χ3n) is 6.40. The quantitative estimate of drug-likeness (QED) is 0.350. The molecule has 0 spiro atoms. The summed E-state index contributed by atoms with van der Waals surface area (Å²) in [5, 5.41) is 4.92. The average Bonchev–Trinajstić information content (AvgIpc) is 3.79. The van der Waals surface area contributed by atoms with Crippen LogP contribution in [0.1, 0.15) is 0 Å². The second-order valence-electron chi connectivity index (χ2n) is 8.97. The van der Waals surface area contributed by atoms with Gasteiger partial charge in [0.15, 0.2) is 0 Å². The van der Waals surface area contributed by atoms with E-state index in [1.54, 1.807) is 7.11 Å². The number of allylic oxidation sites excluding steroid dienone is 2. The maximum atomic E-state index is 12.9. The van der Waals surface area contributed by atoms with Crippen molar-refractivity contribution >= 4 is 11.6 Å². The number of carbonyl (C=O) groups is 1. The maximum absolute atomic E-state index is 12.9. The Morgan fingerprint density at radius 2 is 1.51 bits per heavy atom. The molecule has 0 unspecified atom stereocenters. The van der Waals surface area contributed by atoms with E-state index in [4.69, 9.17) is 9.84 Å². The lowest BCUT2D eigenvalue weighted by Gasteiger charge is -2.34. The van der Waals surface area contributed by atoms with E-state index in [2.05, 4.69) is 39.9 Å². The minimum absolute atomic E-state index is 0.105. The van der Waals surface area contributed by atoms with E-state index in [1.165, 1.54) is 0 Å². The highest BCUT2D eigenvalue weighted by atomic mass is 16.5. The van der Waals surface area contributed by atoms with Crippen LogP contribution in [-0.2, 0) is 11.3 Å². The number of aromatic nitrogens is 2. The van der Waals surface area contributed by atoms with Crippen LogP contribution in [0.2, 0.25) is 0 Å². The van der Waals surface area contributed by atoms with Gasteiger partial charge in [-0.2, -0.15) is 5.10 Å². The van der Waals surface area contributed by atoms with Gasteiger partial charge in [-0.1, -0.05) is 78.9 Å². The fourth-order valence-electron chi connectivity index (χ4n) is 4.38. The van der Waals surface area contributed by atoms with Gasteiger partial charge >= 0.3 is 0 Å². The van der Waals surface area contributed by atoms with E-state index >= 15 is 0 Å². The Morgan fingerprint density at radius 3 is 2.16 bits per heavy atom. The van der Waals surface area contributed by atoms with Gasteiger partial charge in [0.1, 0.15) is 5.75 Å². The van der Waals surface area contributed by atoms with Gasteiger partial charge in [0, 0.05) is 43.4 Å². The number of hydrogen-bond acceptors (Lipinski definition) is 4. The molecule has 1 aromatic heterocycles. The molecule has 1 aliphatic carbocycles. The minimum Gasteiger partial charge on any atom is -0.497 e. The van der Waals surface area contributed by atoms with E-state index in [1.807, 2.05) is 84.1 Å². The molecule has 0 bridgehead atoms. The lowest BCUT2D eigenvalue weighted by atomic mass is 10.1. The zero-order valence-electron chi connectivity index (χ0n) is 21.0. The smallest absolute Gasteiger partial charge is 0.241 e. The number of carbonyl (C=O) groups excluding carboxylic acids is 1. The number of anilines is 1. The molecule has 187 valence electrons. The van der Waals surface area contributed by atoms with Crippen molar-refractivity contribution in [2.75, 3.05) is 38.2 Å². The monoisotopic (exact) mass is 491 g/mol. The third-order valence-corrected chi connectivity index (χ3v) is 6.40. The Hall–Kier alpha value is -4.16. The molecule has 6 nitrogen and oxygen atoms in total. The molecule has 3 aromatic carbocycles. The van der Waals surface area contributed by atoms with Crippen LogP contribution >= 0.6 is 0 Å². The molecule has 1 amide bonds. The van der Waals surface area contributed by atoms with Crippen molar-refractivity contribution in [3.8, 4) is 28.3 Å². The van der Waals surface area contributed by atoms with Gasteiger partial charge in [0.2, 0.25) is 5.91 Å². The van der Waals surface area contributed by atoms with Gasteiger partial charge in [0.25, 0.3) is 0 Å². The minimum atomic E-state index is 0.105. The van der Waals surface area contributed by atoms with Crippen molar-refractivity contribution in [2.45, 2.75) is 6.54 Å². The summed E-state index contributed by atoms with van der Waals surface area (Å²) in [5.41, 5.74) is 5.16. The second kappa shape index (κ2) is 11.7. The number of ether oxygens (including phenoxy) is 1. The molecular formula is C31H31N4O2. The van der Waals surface area contributed by atoms with Crippen LogP contribution < -0.4 is 9.64 Å². The fraction of sp³-hybridized carbons (Fsp3) is 0.194. The van der Waals surface area contributed by atoms with E-state index in [9.17, 15) is 4.79 Å². The molecule has 37 heavy (non-hydrogen) atoms. The van der Waals surface area contributed by atoms with Crippen LogP contribution in [-0.4, -0.2) is 53.9 Å². The highest BCUT2D eigenvalue weighted by Crippen LogP contribution is 2.27. The van der Waals surface area contributed by atoms with E-state index in [0.29, 0.717) is 19.6 Å². The van der Waals surface area contributed by atoms with E-state index in [-0.39, 0.29) is 5.91 Å². The number of amides is 1. The Labute approximate surface area is 218 Å². The third kappa shape index (κ3) is 6.35. The summed E-state index contributed by atoms with van der Waals surface area (Å²) in [6, 6.07) is 30.4. The number of piperazine rings is 1. The molecule has 0 N–H and O–H groups in total.